The van der Waals surface area contributed by atoms with E-state index in [0.717, 1.165) is 22.3 Å². The van der Waals surface area contributed by atoms with E-state index >= 15 is 0 Å². The Bertz CT molecular complexity index is 1040. The molecule has 0 aliphatic rings. The molecule has 0 bridgehead atoms. The lowest BCUT2D eigenvalue weighted by Crippen LogP contribution is -2.49. The zero-order chi connectivity index (χ0) is 25.6. The highest BCUT2D eigenvalue weighted by molar-refractivity contribution is 5.99. The molecule has 7 heteroatoms. The molecule has 1 atom stereocenters. The van der Waals surface area contributed by atoms with Gasteiger partial charge in [-0.2, -0.15) is 0 Å². The number of ether oxygens (including phenoxy) is 1. The average Bonchev–Trinajstić information content (AvgIpc) is 2.71. The number of carbonyl (C=O) groups excluding carboxylic acids is 3. The minimum Gasteiger partial charge on any atom is -0.444 e. The summed E-state index contributed by atoms with van der Waals surface area (Å²) in [6.07, 6.45) is -0.683. The topological polar surface area (TPSA) is 87.7 Å². The van der Waals surface area contributed by atoms with Crippen LogP contribution >= 0.6 is 0 Å². The van der Waals surface area contributed by atoms with Gasteiger partial charge in [0.25, 0.3) is 5.91 Å². The van der Waals surface area contributed by atoms with Gasteiger partial charge in [0.15, 0.2) is 0 Å². The molecule has 0 aliphatic carbocycles. The van der Waals surface area contributed by atoms with Gasteiger partial charge in [0, 0.05) is 11.7 Å². The van der Waals surface area contributed by atoms with Crippen LogP contribution in [0.25, 0.3) is 0 Å². The lowest BCUT2D eigenvalue weighted by Gasteiger charge is -2.35. The number of amides is 3. The lowest BCUT2D eigenvalue weighted by atomic mass is 9.96. The molecule has 3 amide bonds. The Morgan fingerprint density at radius 3 is 2.18 bits per heavy atom. The number of hydrogen-bond acceptors (Lipinski definition) is 4. The van der Waals surface area contributed by atoms with Crippen LogP contribution in [0.3, 0.4) is 0 Å². The zero-order valence-corrected chi connectivity index (χ0v) is 21.5. The van der Waals surface area contributed by atoms with Crippen LogP contribution in [0.5, 0.6) is 0 Å². The van der Waals surface area contributed by atoms with Crippen LogP contribution in [-0.4, -0.2) is 41.0 Å². The number of alkyl carbamates (subject to hydrolysis) is 1. The molecule has 0 fully saturated rings. The summed E-state index contributed by atoms with van der Waals surface area (Å²) in [4.78, 5) is 40.6. The summed E-state index contributed by atoms with van der Waals surface area (Å²) in [5.41, 5.74) is 3.63. The van der Waals surface area contributed by atoms with E-state index in [1.807, 2.05) is 77.1 Å². The number of para-hydroxylation sites is 1. The van der Waals surface area contributed by atoms with Crippen LogP contribution < -0.4 is 10.6 Å². The summed E-state index contributed by atoms with van der Waals surface area (Å²) in [7, 11) is 0. The van der Waals surface area contributed by atoms with Gasteiger partial charge >= 0.3 is 6.09 Å². The van der Waals surface area contributed by atoms with Crippen LogP contribution in [0.1, 0.15) is 62.9 Å². The Morgan fingerprint density at radius 2 is 1.62 bits per heavy atom. The van der Waals surface area contributed by atoms with E-state index in [0.29, 0.717) is 5.69 Å². The number of anilines is 1. The Morgan fingerprint density at radius 1 is 0.971 bits per heavy atom. The monoisotopic (exact) mass is 467 g/mol. The smallest absolute Gasteiger partial charge is 0.408 e. The van der Waals surface area contributed by atoms with Crippen molar-refractivity contribution in [2.24, 2.45) is 0 Å². The predicted molar refractivity (Wildman–Crippen MR) is 135 cm³/mol. The summed E-state index contributed by atoms with van der Waals surface area (Å²) in [6.45, 7) is 14.5. The van der Waals surface area contributed by atoms with Gasteiger partial charge < -0.3 is 20.3 Å². The molecule has 2 rings (SSSR count). The van der Waals surface area contributed by atoms with E-state index in [4.69, 9.17) is 4.74 Å². The molecule has 2 aromatic rings. The fourth-order valence-corrected chi connectivity index (χ4v) is 3.75. The quantitative estimate of drug-likeness (QED) is 0.596. The normalized spacial score (nSPS) is 12.1. The molecule has 1 unspecified atom stereocenters. The van der Waals surface area contributed by atoms with Crippen molar-refractivity contribution in [3.8, 4) is 0 Å². The van der Waals surface area contributed by atoms with Crippen LogP contribution in [0.15, 0.2) is 42.5 Å². The van der Waals surface area contributed by atoms with Crippen LogP contribution in [0.4, 0.5) is 10.5 Å². The Hall–Kier alpha value is -3.35. The molecule has 0 saturated carbocycles. The second kappa shape index (κ2) is 11.2. The fraction of sp³-hybridized carbons (Fsp3) is 0.444. The minimum absolute atomic E-state index is 0.286. The summed E-state index contributed by atoms with van der Waals surface area (Å²) in [5.74, 6) is -0.702. The van der Waals surface area contributed by atoms with Crippen LogP contribution in [0.2, 0.25) is 0 Å². The van der Waals surface area contributed by atoms with Gasteiger partial charge in [-0.3, -0.25) is 9.59 Å². The van der Waals surface area contributed by atoms with Crippen molar-refractivity contribution in [3.63, 3.8) is 0 Å². The van der Waals surface area contributed by atoms with Crippen LogP contribution in [-0.2, 0) is 14.3 Å². The molecular weight excluding hydrogens is 430 g/mol. The van der Waals surface area contributed by atoms with Crippen molar-refractivity contribution >= 4 is 23.6 Å². The number of aryl methyl sites for hydroxylation is 3. The third kappa shape index (κ3) is 7.33. The second-order valence-electron chi connectivity index (χ2n) is 9.82. The van der Waals surface area contributed by atoms with Gasteiger partial charge in [-0.15, -0.1) is 0 Å². The molecule has 2 aromatic carbocycles. The van der Waals surface area contributed by atoms with E-state index < -0.39 is 17.7 Å². The zero-order valence-electron chi connectivity index (χ0n) is 21.5. The average molecular weight is 468 g/mol. The molecule has 7 nitrogen and oxygen atoms in total. The predicted octanol–water partition coefficient (Wildman–Crippen LogP) is 5.05. The molecule has 0 heterocycles. The maximum Gasteiger partial charge on any atom is 0.408 e. The first-order valence-corrected chi connectivity index (χ1v) is 11.5. The number of hydrogen-bond donors (Lipinski definition) is 2. The molecule has 34 heavy (non-hydrogen) atoms. The van der Waals surface area contributed by atoms with Crippen molar-refractivity contribution in [1.29, 1.82) is 0 Å². The number of nitrogens with zero attached hydrogens (tertiary/aromatic N) is 1. The molecule has 0 saturated heterocycles. The number of carbonyl (C=O) groups is 3. The largest absolute Gasteiger partial charge is 0.444 e. The third-order valence-electron chi connectivity index (χ3n) is 5.28. The molecule has 0 aliphatic heterocycles. The van der Waals surface area contributed by atoms with Gasteiger partial charge in [0.1, 0.15) is 18.2 Å². The van der Waals surface area contributed by atoms with E-state index in [1.54, 1.807) is 20.8 Å². The molecule has 0 aromatic heterocycles. The molecule has 0 radical (unpaired) electrons. The maximum absolute atomic E-state index is 13.7. The lowest BCUT2D eigenvalue weighted by molar-refractivity contribution is -0.140. The highest BCUT2D eigenvalue weighted by Gasteiger charge is 2.34. The molecule has 0 spiro atoms. The second-order valence-corrected chi connectivity index (χ2v) is 9.82. The van der Waals surface area contributed by atoms with E-state index in [1.165, 1.54) is 4.90 Å². The standard InChI is InChI=1S/C27H37N3O4/c1-17(2)30(23(31)16-28-26(33)34-27(6,7)8)24(21-14-13-18(3)15-20(21)5)25(32)29-22-12-10-9-11-19(22)4/h9-15,17,24H,16H2,1-8H3,(H,28,33)(H,29,32). The highest BCUT2D eigenvalue weighted by Crippen LogP contribution is 2.29. The Balaban J connectivity index is 2.41. The van der Waals surface area contributed by atoms with Gasteiger partial charge in [-0.05, 0) is 78.1 Å². The summed E-state index contributed by atoms with van der Waals surface area (Å²) >= 11 is 0. The van der Waals surface area contributed by atoms with Crippen molar-refractivity contribution in [2.45, 2.75) is 73.1 Å². The number of rotatable bonds is 7. The van der Waals surface area contributed by atoms with Crippen molar-refractivity contribution in [2.75, 3.05) is 11.9 Å². The number of nitrogens with one attached hydrogen (secondary N) is 2. The minimum atomic E-state index is -0.881. The van der Waals surface area contributed by atoms with E-state index in [2.05, 4.69) is 10.6 Å². The first-order chi connectivity index (χ1) is 15.8. The Kier molecular flexibility index (Phi) is 8.85. The SMILES string of the molecule is Cc1ccc(C(C(=O)Nc2ccccc2C)N(C(=O)CNC(=O)OC(C)(C)C)C(C)C)c(C)c1. The summed E-state index contributed by atoms with van der Waals surface area (Å²) < 4.78 is 5.25. The summed E-state index contributed by atoms with van der Waals surface area (Å²) in [5, 5.41) is 5.51. The third-order valence-corrected chi connectivity index (χ3v) is 5.28. The van der Waals surface area contributed by atoms with Crippen molar-refractivity contribution in [3.05, 3.63) is 64.7 Å². The molecular formula is C27H37N3O4. The van der Waals surface area contributed by atoms with E-state index in [9.17, 15) is 14.4 Å². The van der Waals surface area contributed by atoms with Gasteiger partial charge in [0.2, 0.25) is 5.91 Å². The van der Waals surface area contributed by atoms with Gasteiger partial charge in [-0.25, -0.2) is 4.79 Å². The fourth-order valence-electron chi connectivity index (χ4n) is 3.75. The Labute approximate surface area is 202 Å². The highest BCUT2D eigenvalue weighted by atomic mass is 16.6. The summed E-state index contributed by atoms with van der Waals surface area (Å²) in [6, 6.07) is 12.1. The van der Waals surface area contributed by atoms with Crippen molar-refractivity contribution in [1.82, 2.24) is 10.2 Å². The maximum atomic E-state index is 13.7. The first-order valence-electron chi connectivity index (χ1n) is 11.5. The van der Waals surface area contributed by atoms with Gasteiger partial charge in [0.05, 0.1) is 0 Å². The molecule has 184 valence electrons. The van der Waals surface area contributed by atoms with Crippen molar-refractivity contribution < 1.29 is 19.1 Å². The first kappa shape index (κ1) is 26.9. The number of benzene rings is 2. The van der Waals surface area contributed by atoms with Gasteiger partial charge in [-0.1, -0.05) is 42.0 Å². The van der Waals surface area contributed by atoms with Crippen LogP contribution in [0, 0.1) is 20.8 Å². The van der Waals surface area contributed by atoms with E-state index in [-0.39, 0.29) is 24.4 Å². The molecule has 2 N–H and O–H groups in total.